The molecule has 6 heteroatoms. The molecule has 0 saturated carbocycles. The summed E-state index contributed by atoms with van der Waals surface area (Å²) in [5.74, 6) is 0.566. The Morgan fingerprint density at radius 1 is 1.20 bits per heavy atom. The maximum absolute atomic E-state index is 10.9. The molecule has 20 heavy (non-hydrogen) atoms. The van der Waals surface area contributed by atoms with Crippen LogP contribution in [0.5, 0.6) is 5.75 Å². The number of halogens is 1. The second-order valence-electron chi connectivity index (χ2n) is 4.12. The molecule has 2 aromatic carbocycles. The molecule has 0 spiro atoms. The van der Waals surface area contributed by atoms with Crippen LogP contribution in [0.3, 0.4) is 0 Å². The normalized spacial score (nSPS) is 10.3. The van der Waals surface area contributed by atoms with E-state index in [0.29, 0.717) is 16.3 Å². The Kier molecular flexibility index (Phi) is 4.55. The molecule has 0 radical (unpaired) electrons. The van der Waals surface area contributed by atoms with Crippen LogP contribution >= 0.6 is 11.6 Å². The summed E-state index contributed by atoms with van der Waals surface area (Å²) in [6.45, 7) is 0.00932. The number of aliphatic hydroxyl groups is 1. The molecule has 0 aliphatic carbocycles. The van der Waals surface area contributed by atoms with Crippen molar-refractivity contribution in [2.75, 3.05) is 0 Å². The fourth-order valence-electron chi connectivity index (χ4n) is 1.70. The number of hydrogen-bond donors (Lipinski definition) is 1. The SMILES string of the molecule is O=[N+]([O-])c1ccc(Cl)cc1COc1ccc(CO)cc1. The highest BCUT2D eigenvalue weighted by atomic mass is 35.5. The van der Waals surface area contributed by atoms with Gasteiger partial charge in [-0.1, -0.05) is 23.7 Å². The van der Waals surface area contributed by atoms with Gasteiger partial charge in [0.25, 0.3) is 5.69 Å². The van der Waals surface area contributed by atoms with E-state index < -0.39 is 4.92 Å². The van der Waals surface area contributed by atoms with Crippen LogP contribution in [0.4, 0.5) is 5.69 Å². The lowest BCUT2D eigenvalue weighted by Crippen LogP contribution is -2.00. The number of ether oxygens (including phenoxy) is 1. The number of nitro benzene ring substituents is 1. The molecule has 2 rings (SSSR count). The molecule has 0 heterocycles. The summed E-state index contributed by atoms with van der Waals surface area (Å²) >= 11 is 5.84. The van der Waals surface area contributed by atoms with Crippen LogP contribution in [0.1, 0.15) is 11.1 Å². The lowest BCUT2D eigenvalue weighted by atomic mass is 10.2. The van der Waals surface area contributed by atoms with Gasteiger partial charge < -0.3 is 9.84 Å². The van der Waals surface area contributed by atoms with E-state index in [1.54, 1.807) is 24.3 Å². The van der Waals surface area contributed by atoms with E-state index in [0.717, 1.165) is 5.56 Å². The predicted octanol–water partition coefficient (Wildman–Crippen LogP) is 3.32. The van der Waals surface area contributed by atoms with Crippen LogP contribution in [0.15, 0.2) is 42.5 Å². The zero-order valence-corrected chi connectivity index (χ0v) is 11.2. The van der Waals surface area contributed by atoms with Gasteiger partial charge in [0.2, 0.25) is 0 Å². The summed E-state index contributed by atoms with van der Waals surface area (Å²) < 4.78 is 5.49. The average Bonchev–Trinajstić information content (AvgIpc) is 2.45. The second-order valence-corrected chi connectivity index (χ2v) is 4.56. The molecule has 1 N–H and O–H groups in total. The molecule has 5 nitrogen and oxygen atoms in total. The Morgan fingerprint density at radius 3 is 2.50 bits per heavy atom. The topological polar surface area (TPSA) is 72.6 Å². The second kappa shape index (κ2) is 6.36. The van der Waals surface area contributed by atoms with Crippen LogP contribution in [0.2, 0.25) is 5.02 Å². The monoisotopic (exact) mass is 293 g/mol. The highest BCUT2D eigenvalue weighted by molar-refractivity contribution is 6.30. The van der Waals surface area contributed by atoms with Crippen molar-refractivity contribution in [3.8, 4) is 5.75 Å². The number of nitro groups is 1. The van der Waals surface area contributed by atoms with Crippen molar-refractivity contribution in [1.82, 2.24) is 0 Å². The standard InChI is InChI=1S/C14H12ClNO4/c15-12-3-6-14(16(18)19)11(7-12)9-20-13-4-1-10(8-17)2-5-13/h1-7,17H,8-9H2. The Hall–Kier alpha value is -2.11. The van der Waals surface area contributed by atoms with Crippen molar-refractivity contribution >= 4 is 17.3 Å². The summed E-state index contributed by atoms with van der Waals surface area (Å²) in [6.07, 6.45) is 0. The molecule has 0 bridgehead atoms. The highest BCUT2D eigenvalue weighted by Crippen LogP contribution is 2.24. The first-order valence-electron chi connectivity index (χ1n) is 5.85. The van der Waals surface area contributed by atoms with Gasteiger partial charge in [0.1, 0.15) is 12.4 Å². The largest absolute Gasteiger partial charge is 0.489 e. The minimum atomic E-state index is -0.468. The van der Waals surface area contributed by atoms with Crippen molar-refractivity contribution in [2.24, 2.45) is 0 Å². The quantitative estimate of drug-likeness (QED) is 0.678. The van der Waals surface area contributed by atoms with Gasteiger partial charge in [-0.05, 0) is 29.8 Å². The van der Waals surface area contributed by atoms with Gasteiger partial charge >= 0.3 is 0 Å². The van der Waals surface area contributed by atoms with E-state index in [1.807, 2.05) is 0 Å². The highest BCUT2D eigenvalue weighted by Gasteiger charge is 2.14. The number of benzene rings is 2. The Morgan fingerprint density at radius 2 is 1.90 bits per heavy atom. The maximum atomic E-state index is 10.9. The average molecular weight is 294 g/mol. The van der Waals surface area contributed by atoms with Gasteiger partial charge in [-0.2, -0.15) is 0 Å². The third-order valence-electron chi connectivity index (χ3n) is 2.74. The number of rotatable bonds is 5. The molecule has 0 saturated heterocycles. The first kappa shape index (κ1) is 14.3. The van der Waals surface area contributed by atoms with E-state index in [1.165, 1.54) is 18.2 Å². The minimum absolute atomic E-state index is 0.0265. The lowest BCUT2D eigenvalue weighted by molar-refractivity contribution is -0.385. The van der Waals surface area contributed by atoms with E-state index in [2.05, 4.69) is 0 Å². The van der Waals surface area contributed by atoms with Gasteiger partial charge in [0.15, 0.2) is 0 Å². The Bertz CT molecular complexity index is 613. The third-order valence-corrected chi connectivity index (χ3v) is 2.97. The van der Waals surface area contributed by atoms with Crippen LogP contribution in [-0.2, 0) is 13.2 Å². The molecule has 0 fully saturated rings. The van der Waals surface area contributed by atoms with Gasteiger partial charge in [-0.3, -0.25) is 10.1 Å². The summed E-state index contributed by atoms with van der Waals surface area (Å²) in [5.41, 5.74) is 1.15. The van der Waals surface area contributed by atoms with Crippen LogP contribution in [-0.4, -0.2) is 10.0 Å². The van der Waals surface area contributed by atoms with Crippen LogP contribution in [0.25, 0.3) is 0 Å². The first-order chi connectivity index (χ1) is 9.60. The van der Waals surface area contributed by atoms with Gasteiger partial charge in [0, 0.05) is 11.1 Å². The van der Waals surface area contributed by atoms with Gasteiger partial charge in [-0.25, -0.2) is 0 Å². The molecule has 104 valence electrons. The molecule has 0 aromatic heterocycles. The Balaban J connectivity index is 2.13. The summed E-state index contributed by atoms with van der Waals surface area (Å²) in [5, 5.41) is 20.3. The molecule has 0 amide bonds. The molecule has 0 aliphatic rings. The molecule has 2 aromatic rings. The summed E-state index contributed by atoms with van der Waals surface area (Å²) in [7, 11) is 0. The molecular formula is C14H12ClNO4. The van der Waals surface area contributed by atoms with Crippen molar-refractivity contribution in [3.05, 3.63) is 68.7 Å². The molecule has 0 unspecified atom stereocenters. The van der Waals surface area contributed by atoms with E-state index in [9.17, 15) is 10.1 Å². The fraction of sp³-hybridized carbons (Fsp3) is 0.143. The van der Waals surface area contributed by atoms with Crippen LogP contribution in [0, 0.1) is 10.1 Å². The van der Waals surface area contributed by atoms with Crippen molar-refractivity contribution < 1.29 is 14.8 Å². The zero-order chi connectivity index (χ0) is 14.5. The third kappa shape index (κ3) is 3.46. The fourth-order valence-corrected chi connectivity index (χ4v) is 1.89. The minimum Gasteiger partial charge on any atom is -0.489 e. The van der Waals surface area contributed by atoms with Crippen molar-refractivity contribution in [2.45, 2.75) is 13.2 Å². The van der Waals surface area contributed by atoms with Crippen LogP contribution < -0.4 is 4.74 Å². The van der Waals surface area contributed by atoms with E-state index in [4.69, 9.17) is 21.4 Å². The maximum Gasteiger partial charge on any atom is 0.276 e. The van der Waals surface area contributed by atoms with E-state index >= 15 is 0 Å². The molecule has 0 aliphatic heterocycles. The number of nitrogens with zero attached hydrogens (tertiary/aromatic N) is 1. The number of hydrogen-bond acceptors (Lipinski definition) is 4. The smallest absolute Gasteiger partial charge is 0.276 e. The number of aliphatic hydroxyl groups excluding tert-OH is 1. The van der Waals surface area contributed by atoms with Gasteiger partial charge in [-0.15, -0.1) is 0 Å². The molecule has 0 atom stereocenters. The summed E-state index contributed by atoms with van der Waals surface area (Å²) in [6, 6.07) is 11.2. The zero-order valence-electron chi connectivity index (χ0n) is 10.5. The summed E-state index contributed by atoms with van der Waals surface area (Å²) in [4.78, 5) is 10.4. The Labute approximate surface area is 120 Å². The van der Waals surface area contributed by atoms with Crippen molar-refractivity contribution in [1.29, 1.82) is 0 Å². The van der Waals surface area contributed by atoms with Gasteiger partial charge in [0.05, 0.1) is 17.1 Å². The van der Waals surface area contributed by atoms with E-state index in [-0.39, 0.29) is 18.9 Å². The predicted molar refractivity (Wildman–Crippen MR) is 74.8 cm³/mol. The molecular weight excluding hydrogens is 282 g/mol. The lowest BCUT2D eigenvalue weighted by Gasteiger charge is -2.07. The van der Waals surface area contributed by atoms with Crippen molar-refractivity contribution in [3.63, 3.8) is 0 Å². The first-order valence-corrected chi connectivity index (χ1v) is 6.23.